The van der Waals surface area contributed by atoms with E-state index >= 15 is 0 Å². The van der Waals surface area contributed by atoms with Crippen LogP contribution in [0, 0.1) is 6.92 Å². The van der Waals surface area contributed by atoms with Crippen LogP contribution in [-0.4, -0.2) is 26.4 Å². The third kappa shape index (κ3) is 2.59. The molecular weight excluding hydrogens is 276 g/mol. The molecule has 0 bridgehead atoms. The number of aliphatic hydroxyl groups excluding tert-OH is 1. The topological polar surface area (TPSA) is 47.9 Å². The molecule has 0 saturated heterocycles. The Morgan fingerprint density at radius 2 is 1.55 bits per heavy atom. The van der Waals surface area contributed by atoms with Crippen LogP contribution in [0.5, 0.6) is 17.2 Å². The molecule has 0 radical (unpaired) electrons. The summed E-state index contributed by atoms with van der Waals surface area (Å²) >= 11 is 1.60. The second-order valence-electron chi connectivity index (χ2n) is 4.28. The standard InChI is InChI=1S/C15H18O4S/c1-9-10(5-6-20-9)15(16)11-7-13(18-3)14(19-4)8-12(11)17-2/h5-8,15-16H,1-4H3. The summed E-state index contributed by atoms with van der Waals surface area (Å²) in [6.45, 7) is 1.98. The zero-order valence-electron chi connectivity index (χ0n) is 12.0. The fourth-order valence-corrected chi connectivity index (χ4v) is 2.85. The molecule has 0 aliphatic rings. The maximum Gasteiger partial charge on any atom is 0.164 e. The average molecular weight is 294 g/mol. The Kier molecular flexibility index (Phi) is 4.52. The molecule has 0 amide bonds. The lowest BCUT2D eigenvalue weighted by atomic mass is 10.0. The summed E-state index contributed by atoms with van der Waals surface area (Å²) in [4.78, 5) is 1.08. The number of aryl methyl sites for hydroxylation is 1. The van der Waals surface area contributed by atoms with Crippen molar-refractivity contribution in [1.29, 1.82) is 0 Å². The van der Waals surface area contributed by atoms with Crippen LogP contribution in [0.1, 0.15) is 22.1 Å². The number of hydrogen-bond acceptors (Lipinski definition) is 5. The Morgan fingerprint density at radius 3 is 2.05 bits per heavy atom. The van der Waals surface area contributed by atoms with Crippen molar-refractivity contribution in [2.45, 2.75) is 13.0 Å². The molecule has 20 heavy (non-hydrogen) atoms. The van der Waals surface area contributed by atoms with Gasteiger partial charge in [0, 0.05) is 16.5 Å². The number of rotatable bonds is 5. The SMILES string of the molecule is COc1cc(OC)c(C(O)c2ccsc2C)cc1OC. The van der Waals surface area contributed by atoms with Gasteiger partial charge in [0.05, 0.1) is 21.3 Å². The van der Waals surface area contributed by atoms with Crippen molar-refractivity contribution in [1.82, 2.24) is 0 Å². The summed E-state index contributed by atoms with van der Waals surface area (Å²) in [5, 5.41) is 12.5. The molecule has 2 rings (SSSR count). The Hall–Kier alpha value is -1.72. The van der Waals surface area contributed by atoms with Crippen molar-refractivity contribution in [3.8, 4) is 17.2 Å². The van der Waals surface area contributed by atoms with Gasteiger partial charge in [-0.2, -0.15) is 0 Å². The van der Waals surface area contributed by atoms with Crippen molar-refractivity contribution >= 4 is 11.3 Å². The third-order valence-corrected chi connectivity index (χ3v) is 4.09. The molecule has 1 N–H and O–H groups in total. The van der Waals surface area contributed by atoms with Crippen LogP contribution in [-0.2, 0) is 0 Å². The van der Waals surface area contributed by atoms with Crippen LogP contribution in [0.4, 0.5) is 0 Å². The Labute approximate surface area is 122 Å². The Balaban J connectivity index is 2.52. The van der Waals surface area contributed by atoms with Gasteiger partial charge in [-0.3, -0.25) is 0 Å². The lowest BCUT2D eigenvalue weighted by Gasteiger charge is -2.18. The van der Waals surface area contributed by atoms with E-state index in [-0.39, 0.29) is 0 Å². The van der Waals surface area contributed by atoms with E-state index in [0.717, 1.165) is 10.4 Å². The van der Waals surface area contributed by atoms with Crippen molar-refractivity contribution in [3.63, 3.8) is 0 Å². The first kappa shape index (κ1) is 14.7. The van der Waals surface area contributed by atoms with E-state index in [1.807, 2.05) is 18.4 Å². The van der Waals surface area contributed by atoms with Gasteiger partial charge in [0.25, 0.3) is 0 Å². The lowest BCUT2D eigenvalue weighted by Crippen LogP contribution is -2.04. The molecule has 0 aliphatic heterocycles. The lowest BCUT2D eigenvalue weighted by molar-refractivity contribution is 0.213. The van der Waals surface area contributed by atoms with Gasteiger partial charge >= 0.3 is 0 Å². The first-order valence-corrected chi connectivity index (χ1v) is 7.02. The van der Waals surface area contributed by atoms with Crippen LogP contribution in [0.25, 0.3) is 0 Å². The molecule has 1 atom stereocenters. The molecule has 2 aromatic rings. The number of aliphatic hydroxyl groups is 1. The van der Waals surface area contributed by atoms with Gasteiger partial charge in [-0.1, -0.05) is 0 Å². The van der Waals surface area contributed by atoms with Crippen LogP contribution < -0.4 is 14.2 Å². The smallest absolute Gasteiger partial charge is 0.164 e. The summed E-state index contributed by atoms with van der Waals surface area (Å²) in [6.07, 6.45) is -0.754. The predicted octanol–water partition coefficient (Wildman–Crippen LogP) is 3.16. The van der Waals surface area contributed by atoms with Gasteiger partial charge in [-0.05, 0) is 30.0 Å². The van der Waals surface area contributed by atoms with E-state index in [2.05, 4.69) is 0 Å². The zero-order valence-corrected chi connectivity index (χ0v) is 12.8. The molecule has 0 fully saturated rings. The van der Waals surface area contributed by atoms with Crippen LogP contribution in [0.15, 0.2) is 23.6 Å². The summed E-state index contributed by atoms with van der Waals surface area (Å²) in [5.41, 5.74) is 1.53. The van der Waals surface area contributed by atoms with Crippen LogP contribution >= 0.6 is 11.3 Å². The van der Waals surface area contributed by atoms with Crippen molar-refractivity contribution in [3.05, 3.63) is 39.6 Å². The van der Waals surface area contributed by atoms with E-state index in [9.17, 15) is 5.11 Å². The number of ether oxygens (including phenoxy) is 3. The maximum atomic E-state index is 10.6. The Bertz CT molecular complexity index is 592. The molecule has 1 aromatic heterocycles. The molecule has 1 heterocycles. The van der Waals surface area contributed by atoms with Crippen molar-refractivity contribution in [2.24, 2.45) is 0 Å². The number of methoxy groups -OCH3 is 3. The first-order chi connectivity index (χ1) is 9.62. The van der Waals surface area contributed by atoms with Crippen molar-refractivity contribution in [2.75, 3.05) is 21.3 Å². The van der Waals surface area contributed by atoms with Gasteiger partial charge < -0.3 is 19.3 Å². The fourth-order valence-electron chi connectivity index (χ4n) is 2.11. The largest absolute Gasteiger partial charge is 0.496 e. The van der Waals surface area contributed by atoms with E-state index in [1.165, 1.54) is 0 Å². The maximum absolute atomic E-state index is 10.6. The summed E-state index contributed by atoms with van der Waals surface area (Å²) < 4.78 is 15.9. The normalized spacial score (nSPS) is 12.1. The highest BCUT2D eigenvalue weighted by Gasteiger charge is 2.21. The Morgan fingerprint density at radius 1 is 0.950 bits per heavy atom. The quantitative estimate of drug-likeness (QED) is 0.920. The summed E-state index contributed by atoms with van der Waals surface area (Å²) in [7, 11) is 4.70. The minimum atomic E-state index is -0.754. The molecule has 1 aromatic carbocycles. The molecule has 0 aliphatic carbocycles. The zero-order chi connectivity index (χ0) is 14.7. The second-order valence-corrected chi connectivity index (χ2v) is 5.40. The predicted molar refractivity (Wildman–Crippen MR) is 79.2 cm³/mol. The van der Waals surface area contributed by atoms with E-state index in [1.54, 1.807) is 44.8 Å². The molecular formula is C15H18O4S. The number of thiophene rings is 1. The molecule has 0 spiro atoms. The highest BCUT2D eigenvalue weighted by atomic mass is 32.1. The van der Waals surface area contributed by atoms with Gasteiger partial charge in [0.1, 0.15) is 11.9 Å². The minimum absolute atomic E-state index is 0.565. The van der Waals surface area contributed by atoms with Gasteiger partial charge in [0.2, 0.25) is 0 Å². The monoisotopic (exact) mass is 294 g/mol. The first-order valence-electron chi connectivity index (χ1n) is 6.14. The van der Waals surface area contributed by atoms with Crippen LogP contribution in [0.3, 0.4) is 0 Å². The van der Waals surface area contributed by atoms with Gasteiger partial charge in [0.15, 0.2) is 11.5 Å². The molecule has 108 valence electrons. The molecule has 4 nitrogen and oxygen atoms in total. The highest BCUT2D eigenvalue weighted by Crippen LogP contribution is 2.40. The summed E-state index contributed by atoms with van der Waals surface area (Å²) in [6, 6.07) is 5.39. The van der Waals surface area contributed by atoms with E-state index in [4.69, 9.17) is 14.2 Å². The minimum Gasteiger partial charge on any atom is -0.496 e. The summed E-state index contributed by atoms with van der Waals surface area (Å²) in [5.74, 6) is 1.71. The van der Waals surface area contributed by atoms with E-state index in [0.29, 0.717) is 22.8 Å². The van der Waals surface area contributed by atoms with Gasteiger partial charge in [-0.25, -0.2) is 0 Å². The average Bonchev–Trinajstić information content (AvgIpc) is 2.91. The van der Waals surface area contributed by atoms with Gasteiger partial charge in [-0.15, -0.1) is 11.3 Å². The second kappa shape index (κ2) is 6.15. The highest BCUT2D eigenvalue weighted by molar-refractivity contribution is 7.10. The number of hydrogen-bond donors (Lipinski definition) is 1. The molecule has 0 saturated carbocycles. The fraction of sp³-hybridized carbons (Fsp3) is 0.333. The molecule has 1 unspecified atom stereocenters. The van der Waals surface area contributed by atoms with E-state index < -0.39 is 6.10 Å². The third-order valence-electron chi connectivity index (χ3n) is 3.22. The number of benzene rings is 1. The van der Waals surface area contributed by atoms with Crippen LogP contribution in [0.2, 0.25) is 0 Å². The molecule has 5 heteroatoms. The van der Waals surface area contributed by atoms with Crippen molar-refractivity contribution < 1.29 is 19.3 Å².